The molecular weight excluding hydrogens is 238 g/mol. The Labute approximate surface area is 106 Å². The standard InChI is InChI=1S/C11H14N5.ClH/c1-15-7-8-16(2)11(15)14-13-10-5-3-9(12)4-6-10;/h3-8,11-12H,1-2H3;1H/q+1;. The quantitative estimate of drug-likeness (QED) is 0.372. The van der Waals surface area contributed by atoms with Gasteiger partial charge in [0, 0.05) is 5.69 Å². The van der Waals surface area contributed by atoms with Gasteiger partial charge in [0.05, 0.1) is 5.69 Å². The van der Waals surface area contributed by atoms with Crippen LogP contribution in [-0.2, 0) is 0 Å². The molecule has 0 aliphatic carbocycles. The summed E-state index contributed by atoms with van der Waals surface area (Å²) in [6.07, 6.45) is 3.87. The molecule has 0 saturated heterocycles. The van der Waals surface area contributed by atoms with Gasteiger partial charge in [-0.05, 0) is 29.4 Å². The number of nitrogens with zero attached hydrogens (tertiary/aromatic N) is 4. The molecule has 1 aliphatic rings. The van der Waals surface area contributed by atoms with E-state index in [-0.39, 0.29) is 18.7 Å². The Morgan fingerprint density at radius 1 is 1.06 bits per heavy atom. The van der Waals surface area contributed by atoms with Gasteiger partial charge in [-0.15, -0.1) is 14.3 Å². The van der Waals surface area contributed by atoms with Crippen molar-refractivity contribution in [2.24, 2.45) is 10.2 Å². The Morgan fingerprint density at radius 2 is 1.59 bits per heavy atom. The van der Waals surface area contributed by atoms with Crippen molar-refractivity contribution < 1.29 is 21.6 Å². The third-order valence-corrected chi connectivity index (χ3v) is 2.44. The number of hydrogen-bond acceptors (Lipinski definition) is 3. The van der Waals surface area contributed by atoms with Crippen LogP contribution < -0.4 is 18.1 Å². The lowest BCUT2D eigenvalue weighted by molar-refractivity contribution is -0.737. The second kappa shape index (κ2) is 5.54. The molecule has 0 unspecified atom stereocenters. The highest BCUT2D eigenvalue weighted by Crippen LogP contribution is 2.15. The maximum atomic E-state index is 5.59. The van der Waals surface area contributed by atoms with Crippen LogP contribution in [0.5, 0.6) is 0 Å². The molecule has 90 valence electrons. The predicted octanol–water partition coefficient (Wildman–Crippen LogP) is -1.92. The van der Waals surface area contributed by atoms with Gasteiger partial charge in [-0.1, -0.05) is 0 Å². The molecule has 0 radical (unpaired) electrons. The van der Waals surface area contributed by atoms with E-state index in [1.807, 2.05) is 59.9 Å². The fourth-order valence-electron chi connectivity index (χ4n) is 1.47. The van der Waals surface area contributed by atoms with Crippen LogP contribution in [0, 0.1) is 0 Å². The molecule has 0 aromatic heterocycles. The van der Waals surface area contributed by atoms with Gasteiger partial charge in [-0.25, -0.2) is 0 Å². The Bertz CT molecular complexity index is 457. The average Bonchev–Trinajstić information content (AvgIpc) is 2.59. The highest BCUT2D eigenvalue weighted by molar-refractivity contribution is 6.11. The van der Waals surface area contributed by atoms with Crippen LogP contribution in [0.3, 0.4) is 0 Å². The molecule has 0 bridgehead atoms. The minimum atomic E-state index is -0.0578. The highest BCUT2D eigenvalue weighted by atomic mass is 35.5. The number of anilines is 1. The molecule has 2 rings (SSSR count). The third kappa shape index (κ3) is 3.10. The van der Waals surface area contributed by atoms with Crippen molar-refractivity contribution in [2.75, 3.05) is 19.8 Å². The summed E-state index contributed by atoms with van der Waals surface area (Å²) in [4.78, 5) is 0. The van der Waals surface area contributed by atoms with Crippen LogP contribution in [0.2, 0.25) is 0 Å². The molecule has 1 heterocycles. The van der Waals surface area contributed by atoms with Crippen molar-refractivity contribution >= 4 is 23.8 Å². The monoisotopic (exact) mass is 252 g/mol. The normalized spacial score (nSPS) is 15.6. The lowest BCUT2D eigenvalue weighted by atomic mass is 10.3. The van der Waals surface area contributed by atoms with Crippen molar-refractivity contribution in [3.05, 3.63) is 24.3 Å². The summed E-state index contributed by atoms with van der Waals surface area (Å²) in [7, 11) is 3.93. The number of halogens is 1. The van der Waals surface area contributed by atoms with E-state index < -0.39 is 0 Å². The van der Waals surface area contributed by atoms with Gasteiger partial charge in [0.2, 0.25) is 12.4 Å². The summed E-state index contributed by atoms with van der Waals surface area (Å²) in [5.74, 6) is 0. The molecule has 6 heteroatoms. The van der Waals surface area contributed by atoms with E-state index >= 15 is 0 Å². The Hall–Kier alpha value is -1.75. The fourth-order valence-corrected chi connectivity index (χ4v) is 1.47. The van der Waals surface area contributed by atoms with Crippen LogP contribution in [0.4, 0.5) is 11.4 Å². The van der Waals surface area contributed by atoms with Gasteiger partial charge in [0.15, 0.2) is 0 Å². The zero-order valence-electron chi connectivity index (χ0n) is 9.79. The second-order valence-electron chi connectivity index (χ2n) is 3.78. The van der Waals surface area contributed by atoms with Gasteiger partial charge in [-0.2, -0.15) is 0 Å². The van der Waals surface area contributed by atoms with Crippen molar-refractivity contribution in [3.8, 4) is 0 Å². The molecule has 5 nitrogen and oxygen atoms in total. The van der Waals surface area contributed by atoms with Crippen LogP contribution in [0.1, 0.15) is 0 Å². The molecular formula is C11H15ClN5+. The minimum absolute atomic E-state index is 0. The molecule has 17 heavy (non-hydrogen) atoms. The highest BCUT2D eigenvalue weighted by Gasteiger charge is 2.29. The van der Waals surface area contributed by atoms with Crippen LogP contribution >= 0.6 is 0 Å². The van der Waals surface area contributed by atoms with E-state index in [2.05, 4.69) is 10.2 Å². The third-order valence-electron chi connectivity index (χ3n) is 2.44. The Balaban J connectivity index is 0.00000144. The first-order chi connectivity index (χ1) is 7.66. The van der Waals surface area contributed by atoms with E-state index in [1.165, 1.54) is 0 Å². The first-order valence-corrected chi connectivity index (χ1v) is 5.05. The SMILES string of the molecule is C[N+]1=CC=[N+](C)C1N=Nc1ccc(N)cc1.[Cl-]. The molecule has 1 aromatic rings. The number of benzene rings is 1. The molecule has 0 spiro atoms. The first kappa shape index (κ1) is 13.3. The van der Waals surface area contributed by atoms with Crippen LogP contribution in [0.25, 0.3) is 0 Å². The van der Waals surface area contributed by atoms with Crippen molar-refractivity contribution in [1.82, 2.24) is 0 Å². The maximum Gasteiger partial charge on any atom is 0.464 e. The predicted molar refractivity (Wildman–Crippen MR) is 63.7 cm³/mol. The Kier molecular flexibility index (Phi) is 4.34. The maximum absolute atomic E-state index is 5.59. The van der Waals surface area contributed by atoms with Gasteiger partial charge in [0.25, 0.3) is 0 Å². The van der Waals surface area contributed by atoms with E-state index in [1.54, 1.807) is 0 Å². The van der Waals surface area contributed by atoms with E-state index in [4.69, 9.17) is 5.73 Å². The molecule has 0 saturated carbocycles. The molecule has 1 aromatic carbocycles. The van der Waals surface area contributed by atoms with Crippen LogP contribution in [0.15, 0.2) is 34.5 Å². The molecule has 0 atom stereocenters. The van der Waals surface area contributed by atoms with Crippen molar-refractivity contribution in [1.29, 1.82) is 0 Å². The fraction of sp³-hybridized carbons (Fsp3) is 0.273. The smallest absolute Gasteiger partial charge is 0.464 e. The minimum Gasteiger partial charge on any atom is -1.00 e. The topological polar surface area (TPSA) is 56.8 Å². The van der Waals surface area contributed by atoms with Crippen LogP contribution in [-0.4, -0.2) is 42.0 Å². The second-order valence-corrected chi connectivity index (χ2v) is 3.78. The molecule has 1 aliphatic heterocycles. The molecule has 2 N–H and O–H groups in total. The lowest BCUT2D eigenvalue weighted by Crippen LogP contribution is -3.00. The zero-order valence-corrected chi connectivity index (χ0v) is 10.5. The molecule has 0 fully saturated rings. The summed E-state index contributed by atoms with van der Waals surface area (Å²) in [6.45, 7) is 0. The van der Waals surface area contributed by atoms with E-state index in [9.17, 15) is 0 Å². The lowest BCUT2D eigenvalue weighted by Gasteiger charge is -1.97. The number of nitrogens with two attached hydrogens (primary N) is 1. The summed E-state index contributed by atoms with van der Waals surface area (Å²) >= 11 is 0. The average molecular weight is 253 g/mol. The summed E-state index contributed by atoms with van der Waals surface area (Å²) in [6, 6.07) is 7.33. The van der Waals surface area contributed by atoms with Gasteiger partial charge in [0.1, 0.15) is 14.1 Å². The summed E-state index contributed by atoms with van der Waals surface area (Å²) in [5, 5.41) is 8.43. The van der Waals surface area contributed by atoms with Gasteiger partial charge in [-0.3, -0.25) is 0 Å². The summed E-state index contributed by atoms with van der Waals surface area (Å²) < 4.78 is 3.97. The number of azo groups is 1. The van der Waals surface area contributed by atoms with Crippen molar-refractivity contribution in [3.63, 3.8) is 0 Å². The Morgan fingerprint density at radius 3 is 2.12 bits per heavy atom. The van der Waals surface area contributed by atoms with Gasteiger partial charge >= 0.3 is 6.29 Å². The first-order valence-electron chi connectivity index (χ1n) is 5.05. The van der Waals surface area contributed by atoms with Crippen molar-refractivity contribution in [2.45, 2.75) is 6.29 Å². The largest absolute Gasteiger partial charge is 1.00 e. The zero-order chi connectivity index (χ0) is 11.5. The summed E-state index contributed by atoms with van der Waals surface area (Å²) in [5.41, 5.74) is 7.13. The van der Waals surface area contributed by atoms with E-state index in [0.29, 0.717) is 0 Å². The molecule has 0 amide bonds. The number of rotatable bonds is 2. The van der Waals surface area contributed by atoms with Gasteiger partial charge < -0.3 is 18.1 Å². The van der Waals surface area contributed by atoms with E-state index in [0.717, 1.165) is 11.4 Å². The number of nitrogen functional groups attached to an aromatic ring is 1. The number of hydrogen-bond donors (Lipinski definition) is 1.